The Morgan fingerprint density at radius 2 is 1.10 bits per heavy atom. The maximum Gasteiger partial charge on any atom is 0.122 e. The number of aromatic hydroxyl groups is 3. The van der Waals surface area contributed by atoms with Crippen LogP contribution in [0.1, 0.15) is 64.3 Å². The fourth-order valence-electron chi connectivity index (χ4n) is 5.15. The van der Waals surface area contributed by atoms with E-state index in [9.17, 15) is 15.3 Å². The van der Waals surface area contributed by atoms with Crippen LogP contribution in [0, 0.1) is 0 Å². The molecule has 0 spiro atoms. The van der Waals surface area contributed by atoms with Crippen molar-refractivity contribution in [2.75, 3.05) is 0 Å². The molecule has 0 bridgehead atoms. The lowest BCUT2D eigenvalue weighted by molar-refractivity contribution is 0.468. The highest BCUT2D eigenvalue weighted by molar-refractivity contribution is 5.59. The van der Waals surface area contributed by atoms with Crippen molar-refractivity contribution in [1.29, 1.82) is 0 Å². The van der Waals surface area contributed by atoms with Crippen LogP contribution < -0.4 is 0 Å². The average molecular weight is 517 g/mol. The van der Waals surface area contributed by atoms with Crippen molar-refractivity contribution < 1.29 is 15.3 Å². The fraction of sp³-hybridized carbons (Fsp3) is 0.167. The molecular formula is C36H36O3. The van der Waals surface area contributed by atoms with E-state index in [1.54, 1.807) is 36.4 Å². The van der Waals surface area contributed by atoms with E-state index in [2.05, 4.69) is 63.9 Å². The molecule has 0 heterocycles. The third kappa shape index (κ3) is 5.68. The summed E-state index contributed by atoms with van der Waals surface area (Å²) in [7, 11) is 0. The van der Waals surface area contributed by atoms with Gasteiger partial charge in [0.05, 0.1) is 0 Å². The van der Waals surface area contributed by atoms with Crippen molar-refractivity contribution in [3.8, 4) is 17.2 Å². The van der Waals surface area contributed by atoms with Crippen LogP contribution in [0.15, 0.2) is 111 Å². The second-order valence-electron chi connectivity index (χ2n) is 10.4. The van der Waals surface area contributed by atoms with Crippen molar-refractivity contribution >= 4 is 6.08 Å². The second kappa shape index (κ2) is 11.5. The lowest BCUT2D eigenvalue weighted by Gasteiger charge is -2.28. The van der Waals surface area contributed by atoms with Crippen LogP contribution in [0.2, 0.25) is 0 Å². The van der Waals surface area contributed by atoms with Crippen molar-refractivity contribution in [3.05, 3.63) is 155 Å². The lowest BCUT2D eigenvalue weighted by Crippen LogP contribution is -2.19. The van der Waals surface area contributed by atoms with Crippen molar-refractivity contribution in [1.82, 2.24) is 0 Å². The average Bonchev–Trinajstić information content (AvgIpc) is 2.93. The molecule has 4 aromatic rings. The first-order valence-corrected chi connectivity index (χ1v) is 13.1. The van der Waals surface area contributed by atoms with E-state index >= 15 is 0 Å². The zero-order valence-corrected chi connectivity index (χ0v) is 22.7. The molecule has 39 heavy (non-hydrogen) atoms. The number of hydrogen-bond donors (Lipinski definition) is 3. The normalized spacial score (nSPS) is 12.1. The summed E-state index contributed by atoms with van der Waals surface area (Å²) in [5.41, 5.74) is 7.45. The van der Waals surface area contributed by atoms with Crippen LogP contribution in [0.4, 0.5) is 0 Å². The van der Waals surface area contributed by atoms with E-state index in [0.29, 0.717) is 18.4 Å². The standard InChI is InChI=1S/C36H36O3/c1-6-9-26-22-29(14-19-33(26)38)35(28-13-18-32(37)24(8-3)21-28)25-11-15-30(16-12-25)36(4,5)31-17-20-34(39)27(23-31)10-7-2/h6-8,11-23,35,37-39H,1-3,9-10H2,4-5H3. The van der Waals surface area contributed by atoms with Gasteiger partial charge in [-0.1, -0.05) is 93.3 Å². The van der Waals surface area contributed by atoms with Crippen LogP contribution in [0.25, 0.3) is 6.08 Å². The van der Waals surface area contributed by atoms with E-state index in [1.807, 2.05) is 30.3 Å². The molecule has 4 rings (SSSR count). The van der Waals surface area contributed by atoms with Gasteiger partial charge >= 0.3 is 0 Å². The first-order chi connectivity index (χ1) is 18.7. The zero-order valence-electron chi connectivity index (χ0n) is 22.7. The summed E-state index contributed by atoms with van der Waals surface area (Å²) in [6.45, 7) is 15.9. The Hall–Kier alpha value is -4.50. The maximum absolute atomic E-state index is 10.4. The molecule has 3 N–H and O–H groups in total. The second-order valence-corrected chi connectivity index (χ2v) is 10.4. The fourth-order valence-corrected chi connectivity index (χ4v) is 5.15. The number of phenols is 3. The van der Waals surface area contributed by atoms with Gasteiger partial charge in [0.2, 0.25) is 0 Å². The predicted octanol–water partition coefficient (Wildman–Crippen LogP) is 8.41. The van der Waals surface area contributed by atoms with E-state index in [-0.39, 0.29) is 28.6 Å². The molecule has 0 saturated carbocycles. The largest absolute Gasteiger partial charge is 0.508 e. The Balaban J connectivity index is 1.80. The van der Waals surface area contributed by atoms with Gasteiger partial charge in [-0.05, 0) is 76.1 Å². The predicted molar refractivity (Wildman–Crippen MR) is 162 cm³/mol. The van der Waals surface area contributed by atoms with Gasteiger partial charge < -0.3 is 15.3 Å². The summed E-state index contributed by atoms with van der Waals surface area (Å²) in [6, 6.07) is 25.7. The minimum atomic E-state index is -0.290. The van der Waals surface area contributed by atoms with Gasteiger partial charge in [-0.3, -0.25) is 0 Å². The zero-order chi connectivity index (χ0) is 28.2. The maximum atomic E-state index is 10.4. The molecule has 4 aromatic carbocycles. The van der Waals surface area contributed by atoms with Gasteiger partial charge in [0, 0.05) is 16.9 Å². The van der Waals surface area contributed by atoms with E-state index < -0.39 is 0 Å². The first kappa shape index (κ1) is 27.5. The molecule has 1 unspecified atom stereocenters. The molecular weight excluding hydrogens is 480 g/mol. The number of phenolic OH excluding ortho intramolecular Hbond substituents is 3. The van der Waals surface area contributed by atoms with Gasteiger partial charge in [-0.2, -0.15) is 0 Å². The molecule has 0 radical (unpaired) electrons. The van der Waals surface area contributed by atoms with Gasteiger partial charge in [0.15, 0.2) is 0 Å². The molecule has 0 aliphatic heterocycles. The number of rotatable bonds is 10. The third-order valence-electron chi connectivity index (χ3n) is 7.54. The Labute approximate surface area is 231 Å². The van der Waals surface area contributed by atoms with E-state index in [4.69, 9.17) is 0 Å². The smallest absolute Gasteiger partial charge is 0.122 e. The molecule has 0 fully saturated rings. The highest BCUT2D eigenvalue weighted by atomic mass is 16.3. The van der Waals surface area contributed by atoms with Crippen molar-refractivity contribution in [2.24, 2.45) is 0 Å². The molecule has 0 aliphatic carbocycles. The van der Waals surface area contributed by atoms with Crippen molar-refractivity contribution in [2.45, 2.75) is 38.0 Å². The molecule has 0 saturated heterocycles. The molecule has 1 atom stereocenters. The summed E-state index contributed by atoms with van der Waals surface area (Å²) < 4.78 is 0. The number of benzene rings is 4. The van der Waals surface area contributed by atoms with Gasteiger partial charge in [0.1, 0.15) is 17.2 Å². The monoisotopic (exact) mass is 516 g/mol. The molecule has 3 heteroatoms. The minimum absolute atomic E-state index is 0.126. The summed E-state index contributed by atoms with van der Waals surface area (Å²) in [5.74, 6) is 0.590. The van der Waals surface area contributed by atoms with Gasteiger partial charge in [0.25, 0.3) is 0 Å². The summed E-state index contributed by atoms with van der Waals surface area (Å²) >= 11 is 0. The van der Waals surface area contributed by atoms with Crippen LogP contribution in [-0.4, -0.2) is 15.3 Å². The highest BCUT2D eigenvalue weighted by Crippen LogP contribution is 2.39. The topological polar surface area (TPSA) is 60.7 Å². The molecule has 0 amide bonds. The first-order valence-electron chi connectivity index (χ1n) is 13.1. The van der Waals surface area contributed by atoms with E-state index in [1.165, 1.54) is 0 Å². The number of hydrogen-bond acceptors (Lipinski definition) is 3. The van der Waals surface area contributed by atoms with Gasteiger partial charge in [-0.15, -0.1) is 13.2 Å². The third-order valence-corrected chi connectivity index (χ3v) is 7.54. The number of allylic oxidation sites excluding steroid dienone is 2. The van der Waals surface area contributed by atoms with E-state index in [0.717, 1.165) is 38.9 Å². The van der Waals surface area contributed by atoms with Crippen LogP contribution in [0.5, 0.6) is 17.2 Å². The molecule has 3 nitrogen and oxygen atoms in total. The molecule has 0 aromatic heterocycles. The minimum Gasteiger partial charge on any atom is -0.508 e. The lowest BCUT2D eigenvalue weighted by atomic mass is 9.76. The Morgan fingerprint density at radius 3 is 1.69 bits per heavy atom. The van der Waals surface area contributed by atoms with Crippen LogP contribution in [-0.2, 0) is 18.3 Å². The summed E-state index contributed by atoms with van der Waals surface area (Å²) in [5, 5.41) is 30.9. The van der Waals surface area contributed by atoms with Crippen LogP contribution in [0.3, 0.4) is 0 Å². The Kier molecular flexibility index (Phi) is 8.11. The Morgan fingerprint density at radius 1 is 0.615 bits per heavy atom. The van der Waals surface area contributed by atoms with Crippen molar-refractivity contribution in [3.63, 3.8) is 0 Å². The molecule has 198 valence electrons. The quantitative estimate of drug-likeness (QED) is 0.146. The van der Waals surface area contributed by atoms with Gasteiger partial charge in [-0.25, -0.2) is 0 Å². The highest BCUT2D eigenvalue weighted by Gasteiger charge is 2.25. The summed E-state index contributed by atoms with van der Waals surface area (Å²) in [6.07, 6.45) is 6.40. The Bertz CT molecular complexity index is 1510. The SMILES string of the molecule is C=CCc1cc(C(c2ccc(C(C)(C)c3ccc(O)c(CC=C)c3)cc2)c2ccc(O)c(C=C)c2)ccc1O. The van der Waals surface area contributed by atoms with Crippen LogP contribution >= 0.6 is 0 Å². The summed E-state index contributed by atoms with van der Waals surface area (Å²) in [4.78, 5) is 0. The molecule has 0 aliphatic rings.